The number of carbonyl (C=O) groups is 1. The van der Waals surface area contributed by atoms with Crippen molar-refractivity contribution in [1.82, 2.24) is 19.9 Å². The van der Waals surface area contributed by atoms with Crippen LogP contribution in [0.4, 0.5) is 15.3 Å². The fraction of sp³-hybridized carbons (Fsp3) is 0.500. The number of hydrogen-bond acceptors (Lipinski definition) is 7. The first-order valence-electron chi connectivity index (χ1n) is 10.7. The van der Waals surface area contributed by atoms with Gasteiger partial charge in [0.1, 0.15) is 11.5 Å². The van der Waals surface area contributed by atoms with Crippen molar-refractivity contribution in [3.8, 4) is 11.3 Å². The Labute approximate surface area is 190 Å². The number of imidazole rings is 1. The van der Waals surface area contributed by atoms with Crippen molar-refractivity contribution in [3.63, 3.8) is 0 Å². The summed E-state index contributed by atoms with van der Waals surface area (Å²) in [5, 5.41) is 11.7. The number of ether oxygens (including phenoxy) is 1. The van der Waals surface area contributed by atoms with Gasteiger partial charge in [-0.05, 0) is 45.7 Å². The summed E-state index contributed by atoms with van der Waals surface area (Å²) in [6.45, 7) is 7.60. The molecule has 3 aromatic rings. The van der Waals surface area contributed by atoms with Crippen LogP contribution in [0, 0.1) is 5.82 Å². The van der Waals surface area contributed by atoms with Crippen LogP contribution in [-0.2, 0) is 9.53 Å². The van der Waals surface area contributed by atoms with Crippen molar-refractivity contribution in [2.75, 3.05) is 37.0 Å². The zero-order valence-electron chi connectivity index (χ0n) is 18.8. The summed E-state index contributed by atoms with van der Waals surface area (Å²) < 4.78 is 21.1. The number of rotatable bonds is 7. The van der Waals surface area contributed by atoms with Crippen LogP contribution in [0.25, 0.3) is 16.2 Å². The topological polar surface area (TPSA) is 83.8 Å². The normalized spacial score (nSPS) is 16.5. The summed E-state index contributed by atoms with van der Waals surface area (Å²) >= 11 is 1.38. The molecule has 0 aliphatic carbocycles. The van der Waals surface area contributed by atoms with Crippen molar-refractivity contribution < 1.29 is 13.9 Å². The summed E-state index contributed by atoms with van der Waals surface area (Å²) in [5.41, 5.74) is 1.06. The standard InChI is InChI=1S/C22H29FN6O2S/c1-22(2,3)26-19-18(14-7-5-8-15(23)11-14)25-20-29(19)27-21(32-20)28(4)13-17(30)24-12-16-9-6-10-31-16/h5,7-8,11,16,26H,6,9-10,12-13H2,1-4H3,(H,24,30)/t16-/m0/s1. The second kappa shape index (κ2) is 9.03. The second-order valence-electron chi connectivity index (χ2n) is 9.07. The largest absolute Gasteiger partial charge is 0.376 e. The van der Waals surface area contributed by atoms with Gasteiger partial charge in [-0.25, -0.2) is 9.37 Å². The number of likely N-dealkylation sites (N-methyl/N-ethyl adjacent to an activating group) is 1. The smallest absolute Gasteiger partial charge is 0.239 e. The molecule has 8 nitrogen and oxygen atoms in total. The second-order valence-corrected chi connectivity index (χ2v) is 10.0. The van der Waals surface area contributed by atoms with E-state index in [1.807, 2.05) is 33.9 Å². The molecule has 1 amide bonds. The van der Waals surface area contributed by atoms with E-state index in [4.69, 9.17) is 14.8 Å². The third-order valence-electron chi connectivity index (χ3n) is 5.04. The Morgan fingerprint density at radius 1 is 1.41 bits per heavy atom. The number of anilines is 2. The molecule has 1 aliphatic heterocycles. The van der Waals surface area contributed by atoms with E-state index in [0.29, 0.717) is 33.7 Å². The van der Waals surface area contributed by atoms with Crippen LogP contribution >= 0.6 is 11.3 Å². The van der Waals surface area contributed by atoms with Gasteiger partial charge in [-0.2, -0.15) is 4.52 Å². The first-order valence-corrected chi connectivity index (χ1v) is 11.5. The third kappa shape index (κ3) is 5.18. The zero-order chi connectivity index (χ0) is 22.9. The van der Waals surface area contributed by atoms with E-state index < -0.39 is 0 Å². The lowest BCUT2D eigenvalue weighted by Gasteiger charge is -2.22. The molecule has 2 aromatic heterocycles. The molecule has 1 aliphatic rings. The fourth-order valence-electron chi connectivity index (χ4n) is 3.57. The Morgan fingerprint density at radius 3 is 2.91 bits per heavy atom. The van der Waals surface area contributed by atoms with Crippen molar-refractivity contribution >= 4 is 33.2 Å². The molecule has 0 radical (unpaired) electrons. The highest BCUT2D eigenvalue weighted by Crippen LogP contribution is 2.34. The Bertz CT molecular complexity index is 1100. The molecule has 4 rings (SSSR count). The van der Waals surface area contributed by atoms with Gasteiger partial charge in [-0.1, -0.05) is 23.5 Å². The van der Waals surface area contributed by atoms with Crippen LogP contribution in [-0.4, -0.2) is 58.9 Å². The average molecular weight is 461 g/mol. The first-order chi connectivity index (χ1) is 15.2. The number of nitrogens with zero attached hydrogens (tertiary/aromatic N) is 4. The first kappa shape index (κ1) is 22.5. The molecule has 1 fully saturated rings. The van der Waals surface area contributed by atoms with E-state index in [2.05, 4.69) is 10.6 Å². The molecule has 3 heterocycles. The molecule has 1 aromatic carbocycles. The Balaban J connectivity index is 1.55. The molecule has 0 spiro atoms. The summed E-state index contributed by atoms with van der Waals surface area (Å²) in [5.74, 6) is 0.295. The van der Waals surface area contributed by atoms with Gasteiger partial charge >= 0.3 is 0 Å². The van der Waals surface area contributed by atoms with E-state index in [1.165, 1.54) is 23.5 Å². The molecule has 0 saturated carbocycles. The molecule has 32 heavy (non-hydrogen) atoms. The highest BCUT2D eigenvalue weighted by Gasteiger charge is 2.24. The quantitative estimate of drug-likeness (QED) is 0.561. The van der Waals surface area contributed by atoms with Gasteiger partial charge in [0.05, 0.1) is 12.6 Å². The highest BCUT2D eigenvalue weighted by molar-refractivity contribution is 7.20. The van der Waals surface area contributed by atoms with Gasteiger partial charge in [0, 0.05) is 31.3 Å². The minimum absolute atomic E-state index is 0.0793. The minimum Gasteiger partial charge on any atom is -0.376 e. The monoisotopic (exact) mass is 460 g/mol. The Hall–Kier alpha value is -2.72. The molecule has 0 bridgehead atoms. The molecular weight excluding hydrogens is 431 g/mol. The number of benzene rings is 1. The van der Waals surface area contributed by atoms with Gasteiger partial charge in [0.25, 0.3) is 0 Å². The highest BCUT2D eigenvalue weighted by atomic mass is 32.1. The van der Waals surface area contributed by atoms with Gasteiger partial charge in [-0.15, -0.1) is 5.10 Å². The van der Waals surface area contributed by atoms with Crippen LogP contribution in [0.1, 0.15) is 33.6 Å². The van der Waals surface area contributed by atoms with Crippen LogP contribution < -0.4 is 15.5 Å². The number of fused-ring (bicyclic) bond motifs is 1. The molecule has 1 atom stereocenters. The van der Waals surface area contributed by atoms with Gasteiger partial charge in [0.2, 0.25) is 16.0 Å². The molecule has 0 unspecified atom stereocenters. The number of halogens is 1. The molecular formula is C22H29FN6O2S. The lowest BCUT2D eigenvalue weighted by molar-refractivity contribution is -0.120. The van der Waals surface area contributed by atoms with E-state index in [9.17, 15) is 9.18 Å². The summed E-state index contributed by atoms with van der Waals surface area (Å²) in [4.78, 5) is 19.5. The molecule has 172 valence electrons. The number of carbonyl (C=O) groups excluding carboxylic acids is 1. The maximum atomic E-state index is 13.8. The van der Waals surface area contributed by atoms with E-state index in [-0.39, 0.29) is 29.9 Å². The molecule has 1 saturated heterocycles. The zero-order valence-corrected chi connectivity index (χ0v) is 19.6. The predicted molar refractivity (Wildman–Crippen MR) is 125 cm³/mol. The summed E-state index contributed by atoms with van der Waals surface area (Å²) in [6.07, 6.45) is 2.14. The maximum Gasteiger partial charge on any atom is 0.239 e. The third-order valence-corrected chi connectivity index (χ3v) is 6.07. The molecule has 2 N–H and O–H groups in total. The van der Waals surface area contributed by atoms with Gasteiger partial charge in [-0.3, -0.25) is 4.79 Å². The lowest BCUT2D eigenvalue weighted by atomic mass is 10.1. The van der Waals surface area contributed by atoms with Crippen molar-refractivity contribution in [1.29, 1.82) is 0 Å². The van der Waals surface area contributed by atoms with Crippen molar-refractivity contribution in [3.05, 3.63) is 30.1 Å². The minimum atomic E-state index is -0.317. The summed E-state index contributed by atoms with van der Waals surface area (Å²) in [6, 6.07) is 6.37. The maximum absolute atomic E-state index is 13.8. The number of hydrogen-bond donors (Lipinski definition) is 2. The van der Waals surface area contributed by atoms with Crippen LogP contribution in [0.3, 0.4) is 0 Å². The van der Waals surface area contributed by atoms with Crippen LogP contribution in [0.15, 0.2) is 24.3 Å². The molecule has 10 heteroatoms. The number of amides is 1. The van der Waals surface area contributed by atoms with Crippen LogP contribution in [0.5, 0.6) is 0 Å². The average Bonchev–Trinajstić information content (AvgIpc) is 3.43. The lowest BCUT2D eigenvalue weighted by Crippen LogP contribution is -2.38. The SMILES string of the molecule is CN(CC(=O)NC[C@@H]1CCCO1)c1nn2c(NC(C)(C)C)c(-c3cccc(F)c3)nc2s1. The number of aromatic nitrogens is 3. The van der Waals surface area contributed by atoms with Gasteiger partial charge in [0.15, 0.2) is 5.82 Å². The van der Waals surface area contributed by atoms with E-state index in [0.717, 1.165) is 19.4 Å². The number of nitrogens with one attached hydrogen (secondary N) is 2. The van der Waals surface area contributed by atoms with Crippen molar-refractivity contribution in [2.45, 2.75) is 45.3 Å². The van der Waals surface area contributed by atoms with Crippen LogP contribution in [0.2, 0.25) is 0 Å². The Kier molecular flexibility index (Phi) is 6.34. The van der Waals surface area contributed by atoms with E-state index >= 15 is 0 Å². The predicted octanol–water partition coefficient (Wildman–Crippen LogP) is 3.54. The Morgan fingerprint density at radius 2 is 2.22 bits per heavy atom. The summed E-state index contributed by atoms with van der Waals surface area (Å²) in [7, 11) is 1.83. The van der Waals surface area contributed by atoms with Gasteiger partial charge < -0.3 is 20.3 Å². The fourth-order valence-corrected chi connectivity index (χ4v) is 4.43. The van der Waals surface area contributed by atoms with Crippen molar-refractivity contribution in [2.24, 2.45) is 0 Å². The van der Waals surface area contributed by atoms with E-state index in [1.54, 1.807) is 15.5 Å².